The van der Waals surface area contributed by atoms with Crippen molar-refractivity contribution in [2.24, 2.45) is 0 Å². The average Bonchev–Trinajstić information content (AvgIpc) is 3.14. The first kappa shape index (κ1) is 24.4. The van der Waals surface area contributed by atoms with Gasteiger partial charge >= 0.3 is 0 Å². The van der Waals surface area contributed by atoms with Crippen LogP contribution in [-0.2, 0) is 17.8 Å². The Balaban J connectivity index is 1.57. The maximum atomic E-state index is 13.7. The molecule has 0 atom stereocenters. The van der Waals surface area contributed by atoms with Gasteiger partial charge in [-0.15, -0.1) is 0 Å². The number of methoxy groups -OCH3 is 1. The van der Waals surface area contributed by atoms with Crippen LogP contribution in [0, 0.1) is 13.8 Å². The Morgan fingerprint density at radius 2 is 1.81 bits per heavy atom. The van der Waals surface area contributed by atoms with Crippen LogP contribution < -0.4 is 20.3 Å². The van der Waals surface area contributed by atoms with E-state index in [0.717, 1.165) is 16.7 Å². The number of ether oxygens (including phenoxy) is 2. The molecule has 7 heteroatoms. The molecule has 1 amide bonds. The number of rotatable bonds is 6. The Morgan fingerprint density at radius 3 is 2.49 bits per heavy atom. The number of carbonyl (C=O) groups excluding carboxylic acids is 1. The fraction of sp³-hybridized carbons (Fsp3) is 0.267. The van der Waals surface area contributed by atoms with Crippen LogP contribution in [0.25, 0.3) is 5.69 Å². The van der Waals surface area contributed by atoms with Crippen molar-refractivity contribution in [3.63, 3.8) is 0 Å². The SMILES string of the molecule is COc1cccc2c1Oc1c(c(=O)n(-c3ccc(C)c(C)c3)n1CC(=O)Nc1ccc(C(C)C)cc1)C2. The van der Waals surface area contributed by atoms with Gasteiger partial charge < -0.3 is 14.8 Å². The molecule has 4 aromatic rings. The molecular weight excluding hydrogens is 466 g/mol. The van der Waals surface area contributed by atoms with Gasteiger partial charge in [-0.2, -0.15) is 0 Å². The minimum atomic E-state index is -0.262. The molecule has 0 saturated carbocycles. The molecule has 37 heavy (non-hydrogen) atoms. The van der Waals surface area contributed by atoms with E-state index < -0.39 is 0 Å². The van der Waals surface area contributed by atoms with E-state index in [2.05, 4.69) is 19.2 Å². The van der Waals surface area contributed by atoms with Gasteiger partial charge in [-0.3, -0.25) is 9.59 Å². The van der Waals surface area contributed by atoms with Crippen LogP contribution >= 0.6 is 0 Å². The molecule has 0 fully saturated rings. The van der Waals surface area contributed by atoms with Crippen LogP contribution in [0.4, 0.5) is 5.69 Å². The summed E-state index contributed by atoms with van der Waals surface area (Å²) >= 11 is 0. The summed E-state index contributed by atoms with van der Waals surface area (Å²) in [5, 5.41) is 2.96. The number of nitrogens with zero attached hydrogens (tertiary/aromatic N) is 2. The quantitative estimate of drug-likeness (QED) is 0.325. The fourth-order valence-corrected chi connectivity index (χ4v) is 4.65. The van der Waals surface area contributed by atoms with Crippen LogP contribution in [0.1, 0.15) is 47.6 Å². The van der Waals surface area contributed by atoms with E-state index in [-0.39, 0.29) is 18.0 Å². The third-order valence-electron chi connectivity index (χ3n) is 6.92. The van der Waals surface area contributed by atoms with Crippen molar-refractivity contribution in [2.75, 3.05) is 12.4 Å². The molecule has 0 unspecified atom stereocenters. The van der Waals surface area contributed by atoms with Crippen LogP contribution in [0.2, 0.25) is 0 Å². The van der Waals surface area contributed by atoms with Crippen LogP contribution in [0.15, 0.2) is 65.5 Å². The Labute approximate surface area is 216 Å². The maximum Gasteiger partial charge on any atom is 0.278 e. The molecule has 0 radical (unpaired) electrons. The summed E-state index contributed by atoms with van der Waals surface area (Å²) in [5.74, 6) is 1.64. The monoisotopic (exact) mass is 497 g/mol. The smallest absolute Gasteiger partial charge is 0.278 e. The van der Waals surface area contributed by atoms with Crippen LogP contribution in [0.3, 0.4) is 0 Å². The molecule has 5 rings (SSSR count). The largest absolute Gasteiger partial charge is 0.493 e. The Bertz CT molecular complexity index is 1540. The van der Waals surface area contributed by atoms with E-state index in [9.17, 15) is 9.59 Å². The van der Waals surface area contributed by atoms with Gasteiger partial charge in [0.05, 0.1) is 18.4 Å². The average molecular weight is 498 g/mol. The van der Waals surface area contributed by atoms with Gasteiger partial charge in [-0.05, 0) is 66.8 Å². The lowest BCUT2D eigenvalue weighted by Crippen LogP contribution is -2.27. The zero-order valence-electron chi connectivity index (χ0n) is 21.8. The van der Waals surface area contributed by atoms with Gasteiger partial charge in [0, 0.05) is 17.7 Å². The lowest BCUT2D eigenvalue weighted by molar-refractivity contribution is -0.117. The third-order valence-corrected chi connectivity index (χ3v) is 6.92. The zero-order valence-corrected chi connectivity index (χ0v) is 21.8. The topological polar surface area (TPSA) is 74.5 Å². The second-order valence-corrected chi connectivity index (χ2v) is 9.78. The highest BCUT2D eigenvalue weighted by Gasteiger charge is 2.31. The van der Waals surface area contributed by atoms with E-state index >= 15 is 0 Å². The predicted octanol–water partition coefficient (Wildman–Crippen LogP) is 5.72. The lowest BCUT2D eigenvalue weighted by Gasteiger charge is -2.21. The number of carbonyl (C=O) groups is 1. The summed E-state index contributed by atoms with van der Waals surface area (Å²) in [6.07, 6.45) is 0.386. The Kier molecular flexibility index (Phi) is 6.38. The minimum absolute atomic E-state index is 0.103. The van der Waals surface area contributed by atoms with Crippen molar-refractivity contribution in [3.8, 4) is 23.1 Å². The molecule has 0 bridgehead atoms. The van der Waals surface area contributed by atoms with Gasteiger partial charge in [-0.1, -0.05) is 44.2 Å². The molecule has 190 valence electrons. The molecule has 3 aromatic carbocycles. The molecule has 1 N–H and O–H groups in total. The van der Waals surface area contributed by atoms with Crippen molar-refractivity contribution in [3.05, 3.63) is 98.8 Å². The number of fused-ring (bicyclic) bond motifs is 2. The van der Waals surface area contributed by atoms with Gasteiger partial charge in [0.25, 0.3) is 5.56 Å². The van der Waals surface area contributed by atoms with Crippen LogP contribution in [-0.4, -0.2) is 22.4 Å². The molecule has 7 nitrogen and oxygen atoms in total. The summed E-state index contributed by atoms with van der Waals surface area (Å²) in [7, 11) is 1.58. The molecule has 0 spiro atoms. The number of para-hydroxylation sites is 1. The van der Waals surface area contributed by atoms with Gasteiger partial charge in [-0.25, -0.2) is 9.36 Å². The molecule has 1 aromatic heterocycles. The van der Waals surface area contributed by atoms with Crippen molar-refractivity contribution >= 4 is 11.6 Å². The Hall–Kier alpha value is -4.26. The number of hydrogen-bond acceptors (Lipinski definition) is 4. The van der Waals surface area contributed by atoms with Crippen molar-refractivity contribution < 1.29 is 14.3 Å². The van der Waals surface area contributed by atoms with E-state index in [0.29, 0.717) is 46.7 Å². The maximum absolute atomic E-state index is 13.7. The summed E-state index contributed by atoms with van der Waals surface area (Å²) in [4.78, 5) is 27.0. The summed E-state index contributed by atoms with van der Waals surface area (Å²) in [6.45, 7) is 8.18. The van der Waals surface area contributed by atoms with Crippen LogP contribution in [0.5, 0.6) is 17.4 Å². The normalized spacial score (nSPS) is 12.1. The first-order valence-corrected chi connectivity index (χ1v) is 12.4. The number of benzene rings is 3. The van der Waals surface area contributed by atoms with E-state index in [1.165, 1.54) is 10.2 Å². The molecule has 0 saturated heterocycles. The number of amides is 1. The summed E-state index contributed by atoms with van der Waals surface area (Å²) in [6, 6.07) is 19.2. The number of hydrogen-bond donors (Lipinski definition) is 1. The fourth-order valence-electron chi connectivity index (χ4n) is 4.65. The van der Waals surface area contributed by atoms with Gasteiger partial charge in [0.15, 0.2) is 11.5 Å². The molecule has 0 aliphatic carbocycles. The molecular formula is C30H31N3O4. The zero-order chi connectivity index (χ0) is 26.3. The second kappa shape index (κ2) is 9.65. The predicted molar refractivity (Wildman–Crippen MR) is 145 cm³/mol. The molecule has 2 heterocycles. The third kappa shape index (κ3) is 4.53. The van der Waals surface area contributed by atoms with E-state index in [1.54, 1.807) is 11.8 Å². The van der Waals surface area contributed by atoms with E-state index in [4.69, 9.17) is 9.47 Å². The highest BCUT2D eigenvalue weighted by Crippen LogP contribution is 2.41. The second-order valence-electron chi connectivity index (χ2n) is 9.78. The number of nitrogens with one attached hydrogen (secondary N) is 1. The molecule has 1 aliphatic rings. The van der Waals surface area contributed by atoms with E-state index in [1.807, 2.05) is 74.5 Å². The molecule has 1 aliphatic heterocycles. The summed E-state index contributed by atoms with van der Waals surface area (Å²) < 4.78 is 15.0. The highest BCUT2D eigenvalue weighted by atomic mass is 16.5. The first-order chi connectivity index (χ1) is 17.8. The Morgan fingerprint density at radius 1 is 1.05 bits per heavy atom. The van der Waals surface area contributed by atoms with Crippen molar-refractivity contribution in [2.45, 2.75) is 46.6 Å². The highest BCUT2D eigenvalue weighted by molar-refractivity contribution is 5.90. The minimum Gasteiger partial charge on any atom is -0.493 e. The number of aromatic nitrogens is 2. The first-order valence-electron chi connectivity index (χ1n) is 12.4. The van der Waals surface area contributed by atoms with Crippen molar-refractivity contribution in [1.29, 1.82) is 0 Å². The number of aryl methyl sites for hydroxylation is 2. The van der Waals surface area contributed by atoms with Crippen molar-refractivity contribution in [1.82, 2.24) is 9.36 Å². The van der Waals surface area contributed by atoms with Gasteiger partial charge in [0.2, 0.25) is 11.8 Å². The number of anilines is 1. The standard InChI is InChI=1S/C30H31N3O4/c1-18(2)21-10-12-23(13-11-21)31-27(34)17-32-30-25(16-22-7-6-8-26(36-5)28(22)37-30)29(35)33(32)24-14-9-19(3)20(4)15-24/h6-15,18H,16-17H2,1-5H3,(H,31,34). The van der Waals surface area contributed by atoms with Gasteiger partial charge in [0.1, 0.15) is 6.54 Å². The lowest BCUT2D eigenvalue weighted by atomic mass is 10.0. The summed E-state index contributed by atoms with van der Waals surface area (Å²) in [5.41, 5.74) is 5.91.